The maximum absolute atomic E-state index is 12.6. The highest BCUT2D eigenvalue weighted by atomic mass is 35.5. The Morgan fingerprint density at radius 2 is 1.89 bits per heavy atom. The Balaban J connectivity index is 1.27. The summed E-state index contributed by atoms with van der Waals surface area (Å²) in [4.78, 5) is 41.4. The fraction of sp³-hybridized carbons (Fsp3) is 0.346. The number of carbonyl (C=O) groups excluding carboxylic acids is 2. The van der Waals surface area contributed by atoms with E-state index in [9.17, 15) is 14.4 Å². The van der Waals surface area contributed by atoms with Crippen molar-refractivity contribution in [3.63, 3.8) is 0 Å². The van der Waals surface area contributed by atoms with Gasteiger partial charge in [0.05, 0.1) is 13.7 Å². The topological polar surface area (TPSA) is 92.1 Å². The number of rotatable bonds is 7. The zero-order valence-electron chi connectivity index (χ0n) is 19.8. The fourth-order valence-corrected chi connectivity index (χ4v) is 4.47. The smallest absolute Gasteiger partial charge is 0.339 e. The number of ether oxygens (including phenoxy) is 1. The van der Waals surface area contributed by atoms with Gasteiger partial charge in [0.1, 0.15) is 11.3 Å². The minimum atomic E-state index is -0.468. The van der Waals surface area contributed by atoms with E-state index in [1.54, 1.807) is 24.1 Å². The van der Waals surface area contributed by atoms with Crippen LogP contribution in [0.1, 0.15) is 17.5 Å². The zero-order chi connectivity index (χ0) is 24.9. The average molecular weight is 498 g/mol. The summed E-state index contributed by atoms with van der Waals surface area (Å²) in [6.45, 7) is 4.31. The summed E-state index contributed by atoms with van der Waals surface area (Å²) in [5.41, 5.74) is 2.25. The maximum atomic E-state index is 12.6. The van der Waals surface area contributed by atoms with Crippen LogP contribution < -0.4 is 20.6 Å². The van der Waals surface area contributed by atoms with Crippen molar-refractivity contribution in [2.24, 2.45) is 0 Å². The number of nitrogens with zero attached hydrogens (tertiary/aromatic N) is 2. The van der Waals surface area contributed by atoms with Crippen molar-refractivity contribution in [1.82, 2.24) is 10.2 Å². The van der Waals surface area contributed by atoms with Crippen LogP contribution in [-0.2, 0) is 16.0 Å². The largest absolute Gasteiger partial charge is 0.497 e. The van der Waals surface area contributed by atoms with Crippen LogP contribution in [0.15, 0.2) is 51.7 Å². The molecule has 0 spiro atoms. The molecule has 1 fully saturated rings. The Kier molecular flexibility index (Phi) is 7.60. The molecule has 1 aliphatic rings. The zero-order valence-corrected chi connectivity index (χ0v) is 20.6. The highest BCUT2D eigenvalue weighted by Gasteiger charge is 2.22. The van der Waals surface area contributed by atoms with Crippen LogP contribution in [0.5, 0.6) is 5.75 Å². The van der Waals surface area contributed by atoms with Gasteiger partial charge in [-0.25, -0.2) is 4.79 Å². The third kappa shape index (κ3) is 5.77. The molecule has 1 saturated heterocycles. The third-order valence-corrected chi connectivity index (χ3v) is 6.57. The van der Waals surface area contributed by atoms with Crippen LogP contribution in [0.3, 0.4) is 0 Å². The van der Waals surface area contributed by atoms with Gasteiger partial charge < -0.3 is 24.3 Å². The molecule has 0 bridgehead atoms. The predicted octanol–water partition coefficient (Wildman–Crippen LogP) is 3.16. The summed E-state index contributed by atoms with van der Waals surface area (Å²) in [5, 5.41) is 4.16. The Bertz CT molecular complexity index is 1300. The van der Waals surface area contributed by atoms with Crippen molar-refractivity contribution in [2.75, 3.05) is 44.7 Å². The molecule has 0 saturated carbocycles. The monoisotopic (exact) mass is 497 g/mol. The minimum Gasteiger partial charge on any atom is -0.497 e. The molecule has 1 aliphatic heterocycles. The quantitative estimate of drug-likeness (QED) is 0.504. The summed E-state index contributed by atoms with van der Waals surface area (Å²) in [6, 6.07) is 12.9. The number of anilines is 1. The van der Waals surface area contributed by atoms with Crippen molar-refractivity contribution < 1.29 is 18.7 Å². The van der Waals surface area contributed by atoms with Crippen LogP contribution in [0.2, 0.25) is 5.02 Å². The first kappa shape index (κ1) is 24.6. The van der Waals surface area contributed by atoms with Gasteiger partial charge in [0.15, 0.2) is 0 Å². The molecular formula is C26H28ClN3O5. The van der Waals surface area contributed by atoms with Gasteiger partial charge in [0.2, 0.25) is 11.8 Å². The number of methoxy groups -OCH3 is 1. The molecule has 0 aliphatic carbocycles. The molecule has 2 heterocycles. The number of carbonyl (C=O) groups is 2. The van der Waals surface area contributed by atoms with Gasteiger partial charge in [-0.15, -0.1) is 0 Å². The number of hydrogen-bond donors (Lipinski definition) is 1. The molecule has 9 heteroatoms. The molecule has 35 heavy (non-hydrogen) atoms. The van der Waals surface area contributed by atoms with E-state index in [1.807, 2.05) is 37.3 Å². The summed E-state index contributed by atoms with van der Waals surface area (Å²) in [5.74, 6) is 0.187. The summed E-state index contributed by atoms with van der Waals surface area (Å²) in [6.07, 6.45) is 0.317. The average Bonchev–Trinajstić information content (AvgIpc) is 2.86. The second-order valence-corrected chi connectivity index (χ2v) is 8.92. The van der Waals surface area contributed by atoms with E-state index in [1.165, 1.54) is 0 Å². The van der Waals surface area contributed by atoms with E-state index in [2.05, 4.69) is 10.2 Å². The van der Waals surface area contributed by atoms with E-state index in [-0.39, 0.29) is 31.2 Å². The van der Waals surface area contributed by atoms with Gasteiger partial charge in [-0.05, 0) is 49.2 Å². The lowest BCUT2D eigenvalue weighted by Gasteiger charge is -2.36. The van der Waals surface area contributed by atoms with Crippen molar-refractivity contribution >= 4 is 40.1 Å². The number of hydrogen-bond acceptors (Lipinski definition) is 6. The number of aryl methyl sites for hydroxylation is 1. The number of amides is 2. The summed E-state index contributed by atoms with van der Waals surface area (Å²) in [7, 11) is 1.55. The van der Waals surface area contributed by atoms with Gasteiger partial charge in [0.25, 0.3) is 0 Å². The van der Waals surface area contributed by atoms with Crippen molar-refractivity contribution in [2.45, 2.75) is 19.8 Å². The number of halogens is 1. The second kappa shape index (κ2) is 10.8. The number of benzene rings is 2. The van der Waals surface area contributed by atoms with Crippen LogP contribution in [0.4, 0.5) is 5.69 Å². The highest BCUT2D eigenvalue weighted by molar-refractivity contribution is 6.30. The molecule has 184 valence electrons. The normalized spacial score (nSPS) is 13.7. The van der Waals surface area contributed by atoms with Gasteiger partial charge in [-0.1, -0.05) is 17.7 Å². The lowest BCUT2D eigenvalue weighted by Crippen LogP contribution is -2.51. The van der Waals surface area contributed by atoms with Crippen LogP contribution >= 0.6 is 11.6 Å². The Morgan fingerprint density at radius 3 is 2.60 bits per heavy atom. The first-order chi connectivity index (χ1) is 16.9. The molecule has 0 radical (unpaired) electrons. The predicted molar refractivity (Wildman–Crippen MR) is 135 cm³/mol. The molecule has 2 aromatic carbocycles. The Hall–Kier alpha value is -3.52. The van der Waals surface area contributed by atoms with E-state index >= 15 is 0 Å². The van der Waals surface area contributed by atoms with E-state index in [0.29, 0.717) is 48.1 Å². The van der Waals surface area contributed by atoms with Crippen molar-refractivity contribution in [1.29, 1.82) is 0 Å². The van der Waals surface area contributed by atoms with Gasteiger partial charge >= 0.3 is 5.63 Å². The highest BCUT2D eigenvalue weighted by Crippen LogP contribution is 2.24. The number of fused-ring (bicyclic) bond motifs is 1. The third-order valence-electron chi connectivity index (χ3n) is 6.34. The first-order valence-electron chi connectivity index (χ1n) is 11.5. The van der Waals surface area contributed by atoms with E-state index in [0.717, 1.165) is 16.6 Å². The van der Waals surface area contributed by atoms with Gasteiger partial charge in [0, 0.05) is 60.3 Å². The molecule has 0 unspecified atom stereocenters. The fourth-order valence-electron chi connectivity index (χ4n) is 4.29. The molecule has 4 rings (SSSR count). The molecule has 3 aromatic rings. The number of piperazine rings is 1. The van der Waals surface area contributed by atoms with Crippen molar-refractivity contribution in [3.05, 3.63) is 69.0 Å². The molecule has 8 nitrogen and oxygen atoms in total. The van der Waals surface area contributed by atoms with Crippen LogP contribution in [0, 0.1) is 6.92 Å². The molecular weight excluding hydrogens is 470 g/mol. The van der Waals surface area contributed by atoms with E-state index in [4.69, 9.17) is 20.8 Å². The lowest BCUT2D eigenvalue weighted by molar-refractivity contribution is -0.133. The summed E-state index contributed by atoms with van der Waals surface area (Å²) >= 11 is 6.07. The Morgan fingerprint density at radius 1 is 1.11 bits per heavy atom. The maximum Gasteiger partial charge on any atom is 0.339 e. The van der Waals surface area contributed by atoms with Crippen LogP contribution in [0.25, 0.3) is 11.0 Å². The molecule has 1 N–H and O–H groups in total. The van der Waals surface area contributed by atoms with Crippen molar-refractivity contribution in [3.8, 4) is 5.75 Å². The molecule has 2 amide bonds. The van der Waals surface area contributed by atoms with E-state index < -0.39 is 5.63 Å². The second-order valence-electron chi connectivity index (χ2n) is 8.48. The van der Waals surface area contributed by atoms with Gasteiger partial charge in [-0.2, -0.15) is 0 Å². The first-order valence-corrected chi connectivity index (χ1v) is 11.9. The minimum absolute atomic E-state index is 0.0684. The Labute approximate surface area is 208 Å². The van der Waals surface area contributed by atoms with Gasteiger partial charge in [-0.3, -0.25) is 9.59 Å². The SMILES string of the molecule is COc1ccc2c(C)c(CCC(=O)NCC(=O)N3CCN(c4cccc(Cl)c4)CC3)c(=O)oc2c1. The molecule has 0 atom stereocenters. The lowest BCUT2D eigenvalue weighted by atomic mass is 10.0. The summed E-state index contributed by atoms with van der Waals surface area (Å²) < 4.78 is 10.6. The number of nitrogens with one attached hydrogen (secondary N) is 1. The van der Waals surface area contributed by atoms with Crippen LogP contribution in [-0.4, -0.2) is 56.5 Å². The molecule has 1 aromatic heterocycles. The standard InChI is InChI=1S/C26H28ClN3O5/c1-17-21-7-6-20(34-2)15-23(21)35-26(33)22(17)8-9-24(31)28-16-25(32)30-12-10-29(11-13-30)19-5-3-4-18(27)14-19/h3-7,14-15H,8-13,16H2,1-2H3,(H,28,31).